The molecule has 1 N–H and O–H groups in total. The molecule has 1 saturated heterocycles. The summed E-state index contributed by atoms with van der Waals surface area (Å²) in [7, 11) is 4.77. The molecular formula is C21H34N2O4. The summed E-state index contributed by atoms with van der Waals surface area (Å²) in [6.45, 7) is 5.29. The third-order valence-electron chi connectivity index (χ3n) is 5.25. The predicted octanol–water partition coefficient (Wildman–Crippen LogP) is 3.03. The number of nitrogens with one attached hydrogen (secondary N) is 1. The molecule has 1 aromatic carbocycles. The molecule has 0 aliphatic carbocycles. The lowest BCUT2D eigenvalue weighted by molar-refractivity contribution is -0.121. The fourth-order valence-electron chi connectivity index (χ4n) is 3.63. The van der Waals surface area contributed by atoms with Gasteiger partial charge in [-0.25, -0.2) is 0 Å². The van der Waals surface area contributed by atoms with Gasteiger partial charge in [0.25, 0.3) is 0 Å². The average molecular weight is 379 g/mol. The van der Waals surface area contributed by atoms with Crippen LogP contribution >= 0.6 is 0 Å². The fraction of sp³-hybridized carbons (Fsp3) is 0.667. The molecule has 0 aromatic heterocycles. The molecule has 6 nitrogen and oxygen atoms in total. The van der Waals surface area contributed by atoms with Crippen molar-refractivity contribution >= 4 is 5.91 Å². The highest BCUT2D eigenvalue weighted by Gasteiger charge is 2.17. The first-order valence-corrected chi connectivity index (χ1v) is 9.88. The minimum Gasteiger partial charge on any atom is -0.493 e. The number of amides is 1. The Hall–Kier alpha value is -1.95. The summed E-state index contributed by atoms with van der Waals surface area (Å²) in [6, 6.07) is 4.47. The van der Waals surface area contributed by atoms with Crippen molar-refractivity contribution < 1.29 is 19.0 Å². The zero-order valence-corrected chi connectivity index (χ0v) is 17.2. The van der Waals surface area contributed by atoms with Gasteiger partial charge in [0.1, 0.15) is 0 Å². The van der Waals surface area contributed by atoms with Crippen molar-refractivity contribution in [1.29, 1.82) is 0 Å². The van der Waals surface area contributed by atoms with E-state index in [0.717, 1.165) is 25.1 Å². The van der Waals surface area contributed by atoms with E-state index >= 15 is 0 Å². The summed E-state index contributed by atoms with van der Waals surface area (Å²) in [5, 5.41) is 3.03. The lowest BCUT2D eigenvalue weighted by atomic mass is 10.0. The molecule has 1 aliphatic heterocycles. The first-order valence-electron chi connectivity index (χ1n) is 9.88. The largest absolute Gasteiger partial charge is 0.493 e. The minimum absolute atomic E-state index is 0.0791. The van der Waals surface area contributed by atoms with Crippen LogP contribution in [0.25, 0.3) is 0 Å². The topological polar surface area (TPSA) is 60.0 Å². The number of benzene rings is 1. The Morgan fingerprint density at radius 3 is 2.44 bits per heavy atom. The van der Waals surface area contributed by atoms with Crippen molar-refractivity contribution in [3.63, 3.8) is 0 Å². The Bertz CT molecular complexity index is 581. The van der Waals surface area contributed by atoms with Crippen molar-refractivity contribution in [3.8, 4) is 17.2 Å². The molecule has 1 atom stereocenters. The summed E-state index contributed by atoms with van der Waals surface area (Å²) in [5.74, 6) is 1.88. The summed E-state index contributed by atoms with van der Waals surface area (Å²) < 4.78 is 16.1. The SMILES string of the molecule is COc1cc(CCC(=O)NCCCN2CCCCC2C)cc(OC)c1OC. The standard InChI is InChI=1S/C21H34N2O4/c1-16-8-5-6-12-23(16)13-7-11-22-20(24)10-9-17-14-18(25-2)21(27-4)19(15-17)26-3/h14-16H,5-13H2,1-4H3,(H,22,24). The zero-order chi connectivity index (χ0) is 19.6. The number of piperidine rings is 1. The molecule has 0 spiro atoms. The second kappa shape index (κ2) is 11.0. The number of ether oxygens (including phenoxy) is 3. The molecule has 0 bridgehead atoms. The maximum atomic E-state index is 12.2. The monoisotopic (exact) mass is 378 g/mol. The van der Waals surface area contributed by atoms with Crippen LogP contribution in [0, 0.1) is 0 Å². The Morgan fingerprint density at radius 2 is 1.85 bits per heavy atom. The molecular weight excluding hydrogens is 344 g/mol. The van der Waals surface area contributed by atoms with Gasteiger partial charge >= 0.3 is 0 Å². The smallest absolute Gasteiger partial charge is 0.220 e. The van der Waals surface area contributed by atoms with Crippen LogP contribution in [0.15, 0.2) is 12.1 Å². The molecule has 1 amide bonds. The van der Waals surface area contributed by atoms with E-state index in [1.54, 1.807) is 21.3 Å². The normalized spacial score (nSPS) is 17.4. The summed E-state index contributed by atoms with van der Waals surface area (Å²) >= 11 is 0. The molecule has 1 unspecified atom stereocenters. The number of nitrogens with zero attached hydrogens (tertiary/aromatic N) is 1. The maximum Gasteiger partial charge on any atom is 0.220 e. The van der Waals surface area contributed by atoms with Crippen LogP contribution < -0.4 is 19.5 Å². The van der Waals surface area contributed by atoms with Gasteiger partial charge in [0, 0.05) is 25.6 Å². The van der Waals surface area contributed by atoms with Crippen LogP contribution in [0.2, 0.25) is 0 Å². The van der Waals surface area contributed by atoms with Crippen LogP contribution in [-0.2, 0) is 11.2 Å². The molecule has 1 fully saturated rings. The van der Waals surface area contributed by atoms with Crippen LogP contribution in [0.3, 0.4) is 0 Å². The maximum absolute atomic E-state index is 12.2. The van der Waals surface area contributed by atoms with Gasteiger partial charge in [-0.15, -0.1) is 0 Å². The zero-order valence-electron chi connectivity index (χ0n) is 17.2. The number of aryl methyl sites for hydroxylation is 1. The van der Waals surface area contributed by atoms with Gasteiger partial charge < -0.3 is 24.4 Å². The number of carbonyl (C=O) groups excluding carboxylic acids is 1. The lowest BCUT2D eigenvalue weighted by Gasteiger charge is -2.33. The van der Waals surface area contributed by atoms with Crippen molar-refractivity contribution in [2.75, 3.05) is 41.0 Å². The summed E-state index contributed by atoms with van der Waals surface area (Å²) in [6.07, 6.45) is 6.01. The number of carbonyl (C=O) groups is 1. The highest BCUT2D eigenvalue weighted by molar-refractivity contribution is 5.76. The Labute approximate surface area is 163 Å². The van der Waals surface area contributed by atoms with Crippen molar-refractivity contribution in [1.82, 2.24) is 10.2 Å². The summed E-state index contributed by atoms with van der Waals surface area (Å²) in [4.78, 5) is 14.7. The first-order chi connectivity index (χ1) is 13.1. The second-order valence-corrected chi connectivity index (χ2v) is 7.12. The van der Waals surface area contributed by atoms with E-state index < -0.39 is 0 Å². The van der Waals surface area contributed by atoms with Crippen LogP contribution in [0.4, 0.5) is 0 Å². The van der Waals surface area contributed by atoms with Crippen LogP contribution in [0.1, 0.15) is 44.6 Å². The van der Waals surface area contributed by atoms with E-state index in [2.05, 4.69) is 17.1 Å². The number of hydrogen-bond acceptors (Lipinski definition) is 5. The predicted molar refractivity (Wildman–Crippen MR) is 107 cm³/mol. The van der Waals surface area contributed by atoms with Gasteiger partial charge in [-0.05, 0) is 56.8 Å². The van der Waals surface area contributed by atoms with E-state index in [-0.39, 0.29) is 5.91 Å². The highest BCUT2D eigenvalue weighted by Crippen LogP contribution is 2.38. The van der Waals surface area contributed by atoms with Gasteiger partial charge in [0.15, 0.2) is 11.5 Å². The third-order valence-corrected chi connectivity index (χ3v) is 5.25. The van der Waals surface area contributed by atoms with Crippen LogP contribution in [0.5, 0.6) is 17.2 Å². The fourth-order valence-corrected chi connectivity index (χ4v) is 3.63. The van der Waals surface area contributed by atoms with Crippen molar-refractivity contribution in [3.05, 3.63) is 17.7 Å². The third kappa shape index (κ3) is 6.31. The Balaban J connectivity index is 1.75. The molecule has 27 heavy (non-hydrogen) atoms. The second-order valence-electron chi connectivity index (χ2n) is 7.12. The van der Waals surface area contributed by atoms with Gasteiger partial charge in [-0.2, -0.15) is 0 Å². The van der Waals surface area contributed by atoms with Crippen LogP contribution in [-0.4, -0.2) is 57.8 Å². The minimum atomic E-state index is 0.0791. The molecule has 1 aromatic rings. The van der Waals surface area contributed by atoms with E-state index in [9.17, 15) is 4.79 Å². The summed E-state index contributed by atoms with van der Waals surface area (Å²) in [5.41, 5.74) is 0.988. The van der Waals surface area contributed by atoms with Gasteiger partial charge in [0.05, 0.1) is 21.3 Å². The van der Waals surface area contributed by atoms with Crippen molar-refractivity contribution in [2.45, 2.75) is 51.5 Å². The van der Waals surface area contributed by atoms with E-state index in [0.29, 0.717) is 36.1 Å². The van der Waals surface area contributed by atoms with E-state index in [4.69, 9.17) is 14.2 Å². The molecule has 152 valence electrons. The van der Waals surface area contributed by atoms with Gasteiger partial charge in [-0.3, -0.25) is 4.79 Å². The first kappa shape index (κ1) is 21.4. The quantitative estimate of drug-likeness (QED) is 0.634. The number of hydrogen-bond donors (Lipinski definition) is 1. The van der Waals surface area contributed by atoms with E-state index in [1.807, 2.05) is 12.1 Å². The Kier molecular flexibility index (Phi) is 8.72. The number of rotatable bonds is 10. The molecule has 2 rings (SSSR count). The molecule has 6 heteroatoms. The van der Waals surface area contributed by atoms with Crippen molar-refractivity contribution in [2.24, 2.45) is 0 Å². The van der Waals surface area contributed by atoms with Gasteiger partial charge in [-0.1, -0.05) is 6.42 Å². The van der Waals surface area contributed by atoms with E-state index in [1.165, 1.54) is 25.8 Å². The number of methoxy groups -OCH3 is 3. The number of likely N-dealkylation sites (tertiary alicyclic amines) is 1. The molecule has 0 radical (unpaired) electrons. The highest BCUT2D eigenvalue weighted by atomic mass is 16.5. The average Bonchev–Trinajstić information content (AvgIpc) is 2.69. The molecule has 1 heterocycles. The van der Waals surface area contributed by atoms with Gasteiger partial charge in [0.2, 0.25) is 11.7 Å². The lowest BCUT2D eigenvalue weighted by Crippen LogP contribution is -2.39. The molecule has 0 saturated carbocycles. The molecule has 1 aliphatic rings. The Morgan fingerprint density at radius 1 is 1.15 bits per heavy atom.